The second-order valence-corrected chi connectivity index (χ2v) is 14.9. The van der Waals surface area contributed by atoms with Gasteiger partial charge in [-0.3, -0.25) is 0 Å². The number of fused-ring (bicyclic) bond motifs is 1. The summed E-state index contributed by atoms with van der Waals surface area (Å²) < 4.78 is 146. The smallest absolute Gasteiger partial charge is 0.203 e. The van der Waals surface area contributed by atoms with E-state index < -0.39 is 87.5 Å². The van der Waals surface area contributed by atoms with E-state index in [0.717, 1.165) is 32.1 Å². The minimum Gasteiger partial charge on any atom is -0.203 e. The second-order valence-electron chi connectivity index (χ2n) is 13.9. The molecule has 55 heavy (non-hydrogen) atoms. The van der Waals surface area contributed by atoms with Crippen LogP contribution in [0.1, 0.15) is 61.1 Å². The first-order valence-corrected chi connectivity index (χ1v) is 17.5. The highest BCUT2D eigenvalue weighted by molar-refractivity contribution is 8.08. The van der Waals surface area contributed by atoms with Crippen molar-refractivity contribution in [3.8, 4) is 0 Å². The summed E-state index contributed by atoms with van der Waals surface area (Å²) in [4.78, 5) is 2.06. The summed E-state index contributed by atoms with van der Waals surface area (Å²) in [7, 11) is 0. The highest BCUT2D eigenvalue weighted by Crippen LogP contribution is 2.46. The molecule has 3 aliphatic rings. The number of hydrogen-bond acceptors (Lipinski definition) is 2. The first kappa shape index (κ1) is 37.9. The van der Waals surface area contributed by atoms with Gasteiger partial charge in [-0.1, -0.05) is 85.8 Å². The Morgan fingerprint density at radius 3 is 1.82 bits per heavy atom. The largest absolute Gasteiger partial charge is 0.232 e. The van der Waals surface area contributed by atoms with Crippen LogP contribution in [-0.2, 0) is 5.41 Å². The fraction of sp³-hybridized carbons (Fsp3) is 0.143. The fourth-order valence-electron chi connectivity index (χ4n) is 6.38. The van der Waals surface area contributed by atoms with Gasteiger partial charge in [0.05, 0.1) is 12.0 Å². The average molecular weight is 782 g/mol. The van der Waals surface area contributed by atoms with Gasteiger partial charge in [0, 0.05) is 22.0 Å². The molecule has 0 spiro atoms. The van der Waals surface area contributed by atoms with Crippen molar-refractivity contribution in [1.82, 2.24) is 0 Å². The minimum atomic E-state index is -2.45. The maximum atomic E-state index is 15.2. The van der Waals surface area contributed by atoms with E-state index in [4.69, 9.17) is 0 Å². The lowest BCUT2D eigenvalue weighted by Gasteiger charge is -2.24. The van der Waals surface area contributed by atoms with Crippen molar-refractivity contribution in [1.29, 1.82) is 0 Å². The van der Waals surface area contributed by atoms with Crippen molar-refractivity contribution in [3.05, 3.63) is 183 Å². The molecule has 7 rings (SSSR count). The molecule has 0 saturated carbocycles. The quantitative estimate of drug-likeness (QED) is 0.0871. The molecule has 0 aromatic heterocycles. The monoisotopic (exact) mass is 781 g/mol. The molecular weight excluding hydrogens is 755 g/mol. The van der Waals surface area contributed by atoms with E-state index in [0.29, 0.717) is 10.3 Å². The summed E-state index contributed by atoms with van der Waals surface area (Å²) in [6.45, 7) is 6.33. The Bertz CT molecular complexity index is 2450. The van der Waals surface area contributed by atoms with Gasteiger partial charge in [0.15, 0.2) is 46.5 Å². The van der Waals surface area contributed by atoms with Crippen molar-refractivity contribution in [2.45, 2.75) is 43.5 Å². The van der Waals surface area contributed by atoms with Gasteiger partial charge in [0.1, 0.15) is 11.3 Å². The predicted octanol–water partition coefficient (Wildman–Crippen LogP) is 12.0. The third-order valence-corrected chi connectivity index (χ3v) is 10.5. The Morgan fingerprint density at radius 2 is 1.24 bits per heavy atom. The van der Waals surface area contributed by atoms with Gasteiger partial charge in [-0.25, -0.2) is 43.9 Å². The summed E-state index contributed by atoms with van der Waals surface area (Å²) in [5, 5.41) is 3.93. The lowest BCUT2D eigenvalue weighted by Crippen LogP contribution is -2.21. The van der Waals surface area contributed by atoms with Crippen molar-refractivity contribution in [3.63, 3.8) is 0 Å². The van der Waals surface area contributed by atoms with Crippen LogP contribution in [0.15, 0.2) is 107 Å². The zero-order chi connectivity index (χ0) is 39.5. The number of rotatable bonds is 4. The molecule has 0 fully saturated rings. The topological polar surface area (TPSA) is 15.4 Å². The fourth-order valence-corrected chi connectivity index (χ4v) is 7.48. The number of nitrogens with zero attached hydrogens (tertiary/aromatic N) is 2. The van der Waals surface area contributed by atoms with Gasteiger partial charge in [-0.15, -0.1) is 0 Å². The highest BCUT2D eigenvalue weighted by Gasteiger charge is 2.45. The van der Waals surface area contributed by atoms with Crippen LogP contribution in [0.2, 0.25) is 0 Å². The molecule has 280 valence electrons. The first-order chi connectivity index (χ1) is 26.1. The first-order valence-electron chi connectivity index (χ1n) is 16.7. The zero-order valence-corrected chi connectivity index (χ0v) is 29.8. The van der Waals surface area contributed by atoms with E-state index in [1.54, 1.807) is 30.0 Å². The van der Waals surface area contributed by atoms with Crippen LogP contribution < -0.4 is 0 Å². The predicted molar refractivity (Wildman–Crippen MR) is 191 cm³/mol. The third kappa shape index (κ3) is 6.79. The van der Waals surface area contributed by atoms with E-state index in [-0.39, 0.29) is 11.1 Å². The Hall–Kier alpha value is -5.43. The number of allylic oxidation sites excluding steroid dienone is 9. The lowest BCUT2D eigenvalue weighted by molar-refractivity contribution is -0.566. The summed E-state index contributed by atoms with van der Waals surface area (Å²) >= 11 is 1.64. The molecule has 4 aromatic rings. The molecule has 1 unspecified atom stereocenters. The third-order valence-electron chi connectivity index (χ3n) is 9.32. The Labute approximate surface area is 312 Å². The maximum Gasteiger partial charge on any atom is 0.232 e. The molecule has 0 bridgehead atoms. The Balaban J connectivity index is 1.33. The number of halogens is 10. The Kier molecular flexibility index (Phi) is 9.87. The van der Waals surface area contributed by atoms with Crippen molar-refractivity contribution in [2.24, 2.45) is 5.10 Å². The summed E-state index contributed by atoms with van der Waals surface area (Å²) in [6, 6.07) is 14.2. The SMILES string of the molecule is CC(C)(C)c1ccc2c(c1)/C(=C/C=C1C=CC(=[N+]3N=C(c4c(F)c(F)c(F)c(F)c4F)CC3c3c(F)c(F)c(F)c(F)c3F)C=C1)C=C(c1ccccc1)S2. The molecule has 1 aliphatic carbocycles. The molecule has 4 aromatic carbocycles. The number of benzene rings is 4. The van der Waals surface area contributed by atoms with Crippen LogP contribution >= 0.6 is 11.8 Å². The maximum absolute atomic E-state index is 15.2. The molecule has 13 heteroatoms. The number of hydrogen-bond donors (Lipinski definition) is 0. The normalized spacial score (nSPS) is 17.6. The lowest BCUT2D eigenvalue weighted by atomic mass is 9.85. The molecule has 1 atom stereocenters. The van der Waals surface area contributed by atoms with Gasteiger partial charge in [0.25, 0.3) is 0 Å². The van der Waals surface area contributed by atoms with Crippen molar-refractivity contribution < 1.29 is 48.6 Å². The van der Waals surface area contributed by atoms with Gasteiger partial charge in [-0.05, 0) is 68.7 Å². The van der Waals surface area contributed by atoms with Crippen LogP contribution in [-0.4, -0.2) is 16.1 Å². The van der Waals surface area contributed by atoms with E-state index in [2.05, 4.69) is 50.1 Å². The summed E-state index contributed by atoms with van der Waals surface area (Å²) in [5.74, 6) is -23.2. The van der Waals surface area contributed by atoms with Crippen LogP contribution in [0.4, 0.5) is 43.9 Å². The van der Waals surface area contributed by atoms with E-state index in [1.165, 1.54) is 12.2 Å². The van der Waals surface area contributed by atoms with Crippen molar-refractivity contribution >= 4 is 33.7 Å². The number of thioether (sulfide) groups is 1. The summed E-state index contributed by atoms with van der Waals surface area (Å²) in [5.41, 5.74) is 0.645. The zero-order valence-electron chi connectivity index (χ0n) is 29.0. The van der Waals surface area contributed by atoms with Gasteiger partial charge < -0.3 is 0 Å². The molecule has 0 radical (unpaired) electrons. The highest BCUT2D eigenvalue weighted by atomic mass is 32.2. The molecule has 0 amide bonds. The number of hydrazone groups is 1. The second kappa shape index (κ2) is 14.3. The van der Waals surface area contributed by atoms with Crippen LogP contribution in [0.3, 0.4) is 0 Å². The van der Waals surface area contributed by atoms with Crippen molar-refractivity contribution in [2.75, 3.05) is 0 Å². The molecular formula is C42H27F10N2S+. The van der Waals surface area contributed by atoms with Gasteiger partial charge in [-0.2, -0.15) is 0 Å². The molecule has 2 heterocycles. The van der Waals surface area contributed by atoms with E-state index in [1.807, 2.05) is 36.4 Å². The minimum absolute atomic E-state index is 0.0573. The average Bonchev–Trinajstić information content (AvgIpc) is 3.60. The molecule has 2 aliphatic heterocycles. The molecule has 0 saturated heterocycles. The van der Waals surface area contributed by atoms with Crippen LogP contribution in [0.25, 0.3) is 10.5 Å². The molecule has 0 N–H and O–H groups in total. The standard InChI is InChI=1S/C42H27F10N2S/c1-42(2,3)23-13-16-28-25(18-23)22(17-29(55-28)21-7-5-4-6-8-21)12-9-20-10-14-24(15-11-20)54-27(31-34(45)38(49)41(52)39(50)35(31)46)19-26(53-54)30-32(43)36(47)40(51)37(48)33(30)44/h4-18,27H,19H2,1-3H3/q+1/b20-9?,22-12+,54-24?. The van der Waals surface area contributed by atoms with Gasteiger partial charge >= 0.3 is 0 Å². The van der Waals surface area contributed by atoms with E-state index >= 15 is 8.78 Å². The van der Waals surface area contributed by atoms with Crippen LogP contribution in [0.5, 0.6) is 0 Å². The van der Waals surface area contributed by atoms with E-state index in [9.17, 15) is 35.1 Å². The Morgan fingerprint density at radius 1 is 0.673 bits per heavy atom. The molecule has 2 nitrogen and oxygen atoms in total. The van der Waals surface area contributed by atoms with Gasteiger partial charge in [0.2, 0.25) is 23.4 Å². The summed E-state index contributed by atoms with van der Waals surface area (Å²) in [6.07, 6.45) is 10.6. The van der Waals surface area contributed by atoms with Crippen LogP contribution in [0, 0.1) is 58.2 Å².